The molecule has 0 unspecified atom stereocenters. The molecule has 2 aromatic rings. The van der Waals surface area contributed by atoms with Gasteiger partial charge < -0.3 is 4.90 Å². The van der Waals surface area contributed by atoms with Crippen molar-refractivity contribution < 1.29 is 0 Å². The topological polar surface area (TPSA) is 49.7 Å². The van der Waals surface area contributed by atoms with E-state index in [4.69, 9.17) is 12.2 Å². The van der Waals surface area contributed by atoms with Gasteiger partial charge in [-0.3, -0.25) is 4.57 Å². The van der Waals surface area contributed by atoms with Crippen LogP contribution in [0.5, 0.6) is 0 Å². The number of aromatic amines is 1. The molecule has 0 saturated carbocycles. The molecule has 7 heteroatoms. The molecule has 0 aliphatic heterocycles. The Labute approximate surface area is 103 Å². The van der Waals surface area contributed by atoms with Crippen molar-refractivity contribution in [1.29, 1.82) is 0 Å². The summed E-state index contributed by atoms with van der Waals surface area (Å²) in [5.41, 5.74) is 2.94. The predicted molar refractivity (Wildman–Crippen MR) is 67.4 cm³/mol. The Kier molecular flexibility index (Phi) is 3.06. The number of H-pyrrole nitrogens is 1. The van der Waals surface area contributed by atoms with Gasteiger partial charge in [0.05, 0.1) is 17.7 Å². The lowest BCUT2D eigenvalue weighted by molar-refractivity contribution is 0.803. The van der Waals surface area contributed by atoms with Gasteiger partial charge in [-0.05, 0) is 19.1 Å². The second-order valence-corrected chi connectivity index (χ2v) is 4.93. The third-order valence-corrected chi connectivity index (χ3v) is 3.71. The minimum atomic E-state index is 0.628. The zero-order valence-electron chi connectivity index (χ0n) is 9.39. The number of rotatable bonds is 3. The molecule has 16 heavy (non-hydrogen) atoms. The lowest BCUT2D eigenvalue weighted by Crippen LogP contribution is -2.20. The van der Waals surface area contributed by atoms with Crippen molar-refractivity contribution in [3.63, 3.8) is 0 Å². The zero-order chi connectivity index (χ0) is 11.7. The molecule has 86 valence electrons. The molecule has 2 heterocycles. The van der Waals surface area contributed by atoms with Gasteiger partial charge in [-0.1, -0.05) is 0 Å². The molecule has 0 bridgehead atoms. The highest BCUT2D eigenvalue weighted by Gasteiger charge is 2.11. The molecular formula is C9H13N5S2. The summed E-state index contributed by atoms with van der Waals surface area (Å²) < 4.78 is 2.48. The molecule has 0 radical (unpaired) electrons. The van der Waals surface area contributed by atoms with Gasteiger partial charge in [-0.15, -0.1) is 16.4 Å². The number of nitrogens with zero attached hydrogens (tertiary/aromatic N) is 4. The Morgan fingerprint density at radius 1 is 1.62 bits per heavy atom. The molecule has 0 aromatic carbocycles. The van der Waals surface area contributed by atoms with E-state index in [0.29, 0.717) is 4.77 Å². The van der Waals surface area contributed by atoms with E-state index in [1.54, 1.807) is 11.3 Å². The Bertz CT molecular complexity index is 538. The van der Waals surface area contributed by atoms with Crippen LogP contribution in [0.15, 0.2) is 5.51 Å². The summed E-state index contributed by atoms with van der Waals surface area (Å²) in [4.78, 5) is 7.52. The van der Waals surface area contributed by atoms with Gasteiger partial charge in [0.25, 0.3) is 0 Å². The molecular weight excluding hydrogens is 242 g/mol. The molecule has 0 aliphatic carbocycles. The summed E-state index contributed by atoms with van der Waals surface area (Å²) >= 11 is 6.73. The molecule has 2 rings (SSSR count). The standard InChI is InChI=1S/C9H13N5S2/c1-6-7(16-5-10-6)4-13(2)8-11-12-9(15)14(8)3/h5H,4H2,1-3H3,(H,12,15). The first-order valence-electron chi connectivity index (χ1n) is 4.81. The van der Waals surface area contributed by atoms with Crippen LogP contribution in [0, 0.1) is 11.7 Å². The maximum atomic E-state index is 5.08. The fourth-order valence-corrected chi connectivity index (χ4v) is 2.40. The highest BCUT2D eigenvalue weighted by molar-refractivity contribution is 7.71. The minimum Gasteiger partial charge on any atom is -0.339 e. The maximum Gasteiger partial charge on any atom is 0.225 e. The summed E-state index contributed by atoms with van der Waals surface area (Å²) in [6.45, 7) is 2.81. The Morgan fingerprint density at radius 3 is 2.88 bits per heavy atom. The van der Waals surface area contributed by atoms with E-state index in [-0.39, 0.29) is 0 Å². The van der Waals surface area contributed by atoms with E-state index in [0.717, 1.165) is 18.2 Å². The van der Waals surface area contributed by atoms with Crippen LogP contribution in [-0.4, -0.2) is 26.8 Å². The average molecular weight is 255 g/mol. The third kappa shape index (κ3) is 2.00. The Hall–Kier alpha value is -1.21. The van der Waals surface area contributed by atoms with Gasteiger partial charge >= 0.3 is 0 Å². The molecule has 1 N–H and O–H groups in total. The first kappa shape index (κ1) is 11.3. The van der Waals surface area contributed by atoms with E-state index in [1.807, 2.05) is 36.0 Å². The van der Waals surface area contributed by atoms with Gasteiger partial charge in [0, 0.05) is 19.0 Å². The Balaban J connectivity index is 2.21. The van der Waals surface area contributed by atoms with Gasteiger partial charge in [0.15, 0.2) is 4.77 Å². The SMILES string of the molecule is Cc1ncsc1CN(C)c1n[nH]c(=S)n1C. The molecule has 0 fully saturated rings. The van der Waals surface area contributed by atoms with Crippen molar-refractivity contribution >= 4 is 29.5 Å². The van der Waals surface area contributed by atoms with Crippen LogP contribution in [0.4, 0.5) is 5.95 Å². The summed E-state index contributed by atoms with van der Waals surface area (Å²) in [6, 6.07) is 0. The summed E-state index contributed by atoms with van der Waals surface area (Å²) in [5, 5.41) is 6.96. The first-order valence-corrected chi connectivity index (χ1v) is 6.10. The molecule has 5 nitrogen and oxygen atoms in total. The highest BCUT2D eigenvalue weighted by atomic mass is 32.1. The van der Waals surface area contributed by atoms with E-state index < -0.39 is 0 Å². The summed E-state index contributed by atoms with van der Waals surface area (Å²) in [7, 11) is 3.89. The van der Waals surface area contributed by atoms with Crippen molar-refractivity contribution in [3.8, 4) is 0 Å². The fourth-order valence-electron chi connectivity index (χ4n) is 1.44. The lowest BCUT2D eigenvalue weighted by atomic mass is 10.4. The zero-order valence-corrected chi connectivity index (χ0v) is 11.0. The number of anilines is 1. The second-order valence-electron chi connectivity index (χ2n) is 3.60. The van der Waals surface area contributed by atoms with Crippen LogP contribution in [0.25, 0.3) is 0 Å². The molecule has 0 aliphatic rings. The molecule has 0 atom stereocenters. The normalized spacial score (nSPS) is 10.7. The van der Waals surface area contributed by atoms with E-state index in [9.17, 15) is 0 Å². The smallest absolute Gasteiger partial charge is 0.225 e. The van der Waals surface area contributed by atoms with E-state index in [2.05, 4.69) is 15.2 Å². The number of aromatic nitrogens is 4. The third-order valence-electron chi connectivity index (χ3n) is 2.42. The van der Waals surface area contributed by atoms with E-state index >= 15 is 0 Å². The minimum absolute atomic E-state index is 0.628. The second kappa shape index (κ2) is 4.34. The fraction of sp³-hybridized carbons (Fsp3) is 0.444. The van der Waals surface area contributed by atoms with E-state index in [1.165, 1.54) is 4.88 Å². The first-order chi connectivity index (χ1) is 7.59. The molecule has 0 amide bonds. The average Bonchev–Trinajstić information content (AvgIpc) is 2.77. The lowest BCUT2D eigenvalue weighted by Gasteiger charge is -2.16. The van der Waals surface area contributed by atoms with Crippen molar-refractivity contribution in [2.45, 2.75) is 13.5 Å². The Morgan fingerprint density at radius 2 is 2.38 bits per heavy atom. The molecule has 0 saturated heterocycles. The van der Waals surface area contributed by atoms with Crippen molar-refractivity contribution in [2.75, 3.05) is 11.9 Å². The summed E-state index contributed by atoms with van der Waals surface area (Å²) in [6.07, 6.45) is 0. The number of aryl methyl sites for hydroxylation is 1. The van der Waals surface area contributed by atoms with Crippen LogP contribution in [0.2, 0.25) is 0 Å². The van der Waals surface area contributed by atoms with Crippen LogP contribution in [0.1, 0.15) is 10.6 Å². The maximum absolute atomic E-state index is 5.08. The van der Waals surface area contributed by atoms with Crippen LogP contribution >= 0.6 is 23.6 Å². The van der Waals surface area contributed by atoms with Gasteiger partial charge in [0.2, 0.25) is 5.95 Å². The molecule has 2 aromatic heterocycles. The highest BCUT2D eigenvalue weighted by Crippen LogP contribution is 2.17. The van der Waals surface area contributed by atoms with Crippen LogP contribution in [-0.2, 0) is 13.6 Å². The summed E-state index contributed by atoms with van der Waals surface area (Å²) in [5.74, 6) is 0.831. The monoisotopic (exact) mass is 255 g/mol. The van der Waals surface area contributed by atoms with Crippen molar-refractivity contribution in [1.82, 2.24) is 19.7 Å². The van der Waals surface area contributed by atoms with Crippen molar-refractivity contribution in [2.24, 2.45) is 7.05 Å². The number of hydrogen-bond acceptors (Lipinski definition) is 5. The number of nitrogens with one attached hydrogen (secondary N) is 1. The van der Waals surface area contributed by atoms with Crippen molar-refractivity contribution in [3.05, 3.63) is 20.9 Å². The van der Waals surface area contributed by atoms with Gasteiger partial charge in [-0.2, -0.15) is 0 Å². The van der Waals surface area contributed by atoms with Gasteiger partial charge in [0.1, 0.15) is 0 Å². The quantitative estimate of drug-likeness (QED) is 0.851. The largest absolute Gasteiger partial charge is 0.339 e. The number of thiazole rings is 1. The number of hydrogen-bond donors (Lipinski definition) is 1. The predicted octanol–water partition coefficient (Wildman–Crippen LogP) is 1.88. The van der Waals surface area contributed by atoms with Gasteiger partial charge in [-0.25, -0.2) is 10.1 Å². The van der Waals surface area contributed by atoms with Crippen LogP contribution < -0.4 is 4.90 Å². The molecule has 0 spiro atoms. The van der Waals surface area contributed by atoms with Crippen LogP contribution in [0.3, 0.4) is 0 Å².